The molecule has 0 heterocycles. The van der Waals surface area contributed by atoms with E-state index in [2.05, 4.69) is 0 Å². The van der Waals surface area contributed by atoms with Gasteiger partial charge in [-0.25, -0.2) is 4.39 Å². The van der Waals surface area contributed by atoms with E-state index in [1.807, 2.05) is 36.4 Å². The summed E-state index contributed by atoms with van der Waals surface area (Å²) in [4.78, 5) is 13.2. The van der Waals surface area contributed by atoms with Crippen molar-refractivity contribution in [3.05, 3.63) is 102 Å². The predicted molar refractivity (Wildman–Crippen MR) is 105 cm³/mol. The van der Waals surface area contributed by atoms with E-state index >= 15 is 4.39 Å². The molecular weight excluding hydrogens is 355 g/mol. The lowest BCUT2D eigenvalue weighted by Crippen LogP contribution is -2.30. The van der Waals surface area contributed by atoms with Crippen LogP contribution < -0.4 is 4.74 Å². The van der Waals surface area contributed by atoms with Crippen molar-refractivity contribution in [2.24, 2.45) is 0 Å². The Balaban J connectivity index is 1.67. The minimum Gasteiger partial charge on any atom is -0.497 e. The molecular formula is C24H21FO3. The average Bonchev–Trinajstić information content (AvgIpc) is 3.42. The number of benzene rings is 3. The van der Waals surface area contributed by atoms with E-state index in [1.54, 1.807) is 55.6 Å². The molecule has 0 unspecified atom stereocenters. The topological polar surface area (TPSA) is 35.5 Å². The number of ether oxygens (including phenoxy) is 2. The van der Waals surface area contributed by atoms with Crippen molar-refractivity contribution in [2.75, 3.05) is 7.11 Å². The molecule has 2 atom stereocenters. The molecule has 0 aromatic heterocycles. The second-order valence-corrected chi connectivity index (χ2v) is 7.04. The molecule has 4 heteroatoms. The molecule has 28 heavy (non-hydrogen) atoms. The molecule has 0 spiro atoms. The molecule has 0 saturated heterocycles. The molecule has 1 saturated carbocycles. The van der Waals surface area contributed by atoms with Gasteiger partial charge in [0.05, 0.1) is 7.11 Å². The van der Waals surface area contributed by atoms with Crippen LogP contribution in [0.2, 0.25) is 0 Å². The first-order chi connectivity index (χ1) is 13.6. The van der Waals surface area contributed by atoms with Crippen LogP contribution in [0, 0.1) is 0 Å². The third-order valence-corrected chi connectivity index (χ3v) is 5.44. The molecule has 142 valence electrons. The second-order valence-electron chi connectivity index (χ2n) is 7.04. The number of hydrogen-bond acceptors (Lipinski definition) is 3. The van der Waals surface area contributed by atoms with Gasteiger partial charge in [-0.15, -0.1) is 0 Å². The zero-order valence-electron chi connectivity index (χ0n) is 15.6. The highest BCUT2D eigenvalue weighted by Crippen LogP contribution is 2.67. The van der Waals surface area contributed by atoms with Crippen molar-refractivity contribution in [3.63, 3.8) is 0 Å². The number of methoxy groups -OCH3 is 1. The Bertz CT molecular complexity index is 956. The van der Waals surface area contributed by atoms with Gasteiger partial charge in [0.25, 0.3) is 0 Å². The first-order valence-corrected chi connectivity index (χ1v) is 9.20. The number of carbonyl (C=O) groups is 1. The van der Waals surface area contributed by atoms with Gasteiger partial charge in [-0.05, 0) is 28.8 Å². The van der Waals surface area contributed by atoms with Gasteiger partial charge in [0, 0.05) is 6.42 Å². The number of esters is 1. The van der Waals surface area contributed by atoms with Crippen LogP contribution >= 0.6 is 0 Å². The van der Waals surface area contributed by atoms with Crippen LogP contribution in [-0.2, 0) is 27.2 Å². The van der Waals surface area contributed by atoms with Crippen LogP contribution in [0.4, 0.5) is 4.39 Å². The summed E-state index contributed by atoms with van der Waals surface area (Å²) in [6, 6.07) is 25.2. The van der Waals surface area contributed by atoms with Crippen molar-refractivity contribution in [3.8, 4) is 5.75 Å². The summed E-state index contributed by atoms with van der Waals surface area (Å²) < 4.78 is 26.8. The van der Waals surface area contributed by atoms with Crippen molar-refractivity contribution in [2.45, 2.75) is 24.1 Å². The van der Waals surface area contributed by atoms with Crippen LogP contribution in [0.5, 0.6) is 5.75 Å². The molecule has 4 rings (SSSR count). The third-order valence-electron chi connectivity index (χ3n) is 5.44. The molecule has 0 amide bonds. The van der Waals surface area contributed by atoms with Gasteiger partial charge in [0.2, 0.25) is 0 Å². The SMILES string of the molecule is COc1ccc([C@@]2(C(=O)OCc3ccccc3)C[C@@]2(F)c2ccccc2)cc1. The monoisotopic (exact) mass is 376 g/mol. The maximum absolute atomic E-state index is 16.1. The van der Waals surface area contributed by atoms with Gasteiger partial charge >= 0.3 is 5.97 Å². The largest absolute Gasteiger partial charge is 0.497 e. The van der Waals surface area contributed by atoms with E-state index in [0.29, 0.717) is 16.9 Å². The fourth-order valence-electron chi connectivity index (χ4n) is 3.78. The molecule has 0 aliphatic heterocycles. The minimum atomic E-state index is -1.80. The third kappa shape index (κ3) is 2.95. The number of carbonyl (C=O) groups excluding carboxylic acids is 1. The molecule has 3 aromatic carbocycles. The van der Waals surface area contributed by atoms with E-state index in [4.69, 9.17) is 9.47 Å². The molecule has 1 aliphatic rings. The van der Waals surface area contributed by atoms with Crippen molar-refractivity contribution < 1.29 is 18.7 Å². The van der Waals surface area contributed by atoms with Crippen molar-refractivity contribution in [1.29, 1.82) is 0 Å². The van der Waals surface area contributed by atoms with Crippen LogP contribution in [-0.4, -0.2) is 13.1 Å². The highest BCUT2D eigenvalue weighted by molar-refractivity contribution is 5.90. The van der Waals surface area contributed by atoms with E-state index in [-0.39, 0.29) is 13.0 Å². The Morgan fingerprint density at radius 2 is 1.50 bits per heavy atom. The number of halogens is 1. The fourth-order valence-corrected chi connectivity index (χ4v) is 3.78. The van der Waals surface area contributed by atoms with Crippen LogP contribution in [0.1, 0.15) is 23.1 Å². The second kappa shape index (κ2) is 7.12. The molecule has 1 fully saturated rings. The summed E-state index contributed by atoms with van der Waals surface area (Å²) in [5.41, 5.74) is -1.20. The van der Waals surface area contributed by atoms with Crippen LogP contribution in [0.15, 0.2) is 84.9 Å². The average molecular weight is 376 g/mol. The van der Waals surface area contributed by atoms with Gasteiger partial charge in [-0.3, -0.25) is 4.79 Å². The van der Waals surface area contributed by atoms with Gasteiger partial charge in [-0.2, -0.15) is 0 Å². The van der Waals surface area contributed by atoms with E-state index in [0.717, 1.165) is 5.56 Å². The summed E-state index contributed by atoms with van der Waals surface area (Å²) in [5, 5.41) is 0. The Morgan fingerprint density at radius 3 is 2.11 bits per heavy atom. The summed E-state index contributed by atoms with van der Waals surface area (Å²) >= 11 is 0. The summed E-state index contributed by atoms with van der Waals surface area (Å²) in [6.45, 7) is 0.114. The maximum atomic E-state index is 16.1. The van der Waals surface area contributed by atoms with Crippen molar-refractivity contribution >= 4 is 5.97 Å². The zero-order valence-corrected chi connectivity index (χ0v) is 15.6. The normalized spacial score (nSPS) is 23.1. The lowest BCUT2D eigenvalue weighted by atomic mass is 9.89. The molecule has 0 bridgehead atoms. The van der Waals surface area contributed by atoms with Gasteiger partial charge in [0.15, 0.2) is 5.67 Å². The highest BCUT2D eigenvalue weighted by Gasteiger charge is 2.76. The summed E-state index contributed by atoms with van der Waals surface area (Å²) in [7, 11) is 1.57. The Morgan fingerprint density at radius 1 is 0.893 bits per heavy atom. The summed E-state index contributed by atoms with van der Waals surface area (Å²) in [6.07, 6.45) is 0.0595. The number of hydrogen-bond donors (Lipinski definition) is 0. The van der Waals surface area contributed by atoms with E-state index in [1.165, 1.54) is 0 Å². The standard InChI is InChI=1S/C24H21FO3/c1-27-21-14-12-19(13-15-21)23(17-24(23,25)20-10-6-3-7-11-20)22(26)28-16-18-8-4-2-5-9-18/h2-15H,16-17H2,1H3/t23-,24-/m1/s1. The molecule has 3 aromatic rings. The van der Waals surface area contributed by atoms with E-state index in [9.17, 15) is 4.79 Å². The van der Waals surface area contributed by atoms with E-state index < -0.39 is 17.1 Å². The molecule has 3 nitrogen and oxygen atoms in total. The zero-order chi connectivity index (χ0) is 19.6. The van der Waals surface area contributed by atoms with Crippen molar-refractivity contribution in [1.82, 2.24) is 0 Å². The fraction of sp³-hybridized carbons (Fsp3) is 0.208. The lowest BCUT2D eigenvalue weighted by Gasteiger charge is -2.20. The first kappa shape index (κ1) is 18.2. The van der Waals surface area contributed by atoms with Gasteiger partial charge in [-0.1, -0.05) is 72.8 Å². The Labute approximate surface area is 163 Å². The van der Waals surface area contributed by atoms with Crippen LogP contribution in [0.25, 0.3) is 0 Å². The van der Waals surface area contributed by atoms with Crippen LogP contribution in [0.3, 0.4) is 0 Å². The smallest absolute Gasteiger partial charge is 0.320 e. The number of alkyl halides is 1. The molecule has 0 radical (unpaired) electrons. The quantitative estimate of drug-likeness (QED) is 0.572. The Hall–Kier alpha value is -3.14. The number of rotatable bonds is 6. The highest BCUT2D eigenvalue weighted by atomic mass is 19.1. The van der Waals surface area contributed by atoms with Gasteiger partial charge in [0.1, 0.15) is 17.8 Å². The first-order valence-electron chi connectivity index (χ1n) is 9.20. The summed E-state index contributed by atoms with van der Waals surface area (Å²) in [5.74, 6) is 0.106. The lowest BCUT2D eigenvalue weighted by molar-refractivity contribution is -0.149. The Kier molecular flexibility index (Phi) is 4.63. The van der Waals surface area contributed by atoms with Gasteiger partial charge < -0.3 is 9.47 Å². The molecule has 0 N–H and O–H groups in total. The molecule has 1 aliphatic carbocycles. The predicted octanol–water partition coefficient (Wildman–Crippen LogP) is 4.95. The maximum Gasteiger partial charge on any atom is 0.320 e. The minimum absolute atomic E-state index is 0.0595.